The summed E-state index contributed by atoms with van der Waals surface area (Å²) in [5, 5.41) is 0. The monoisotopic (exact) mass is 344 g/mol. The van der Waals surface area contributed by atoms with Gasteiger partial charge in [-0.05, 0) is 31.9 Å². The lowest BCUT2D eigenvalue weighted by atomic mass is 9.90. The largest absolute Gasteiger partial charge is 0.487 e. The number of nitrogens with zero attached hydrogens (tertiary/aromatic N) is 2. The number of amides is 2. The summed E-state index contributed by atoms with van der Waals surface area (Å²) >= 11 is 0. The Morgan fingerprint density at radius 2 is 1.76 bits per heavy atom. The van der Waals surface area contributed by atoms with Gasteiger partial charge in [0.2, 0.25) is 11.8 Å². The molecule has 1 fully saturated rings. The summed E-state index contributed by atoms with van der Waals surface area (Å²) in [4.78, 5) is 29.3. The topological polar surface area (TPSA) is 49.9 Å². The van der Waals surface area contributed by atoms with Gasteiger partial charge in [-0.3, -0.25) is 9.59 Å². The number of likely N-dealkylation sites (tertiary alicyclic amines) is 1. The Morgan fingerprint density at radius 1 is 1.12 bits per heavy atom. The Bertz CT molecular complexity index is 657. The predicted molar refractivity (Wildman–Crippen MR) is 97.6 cm³/mol. The van der Waals surface area contributed by atoms with Crippen molar-refractivity contribution >= 4 is 17.5 Å². The molecule has 0 spiro atoms. The normalized spacial score (nSPS) is 21.5. The van der Waals surface area contributed by atoms with Crippen molar-refractivity contribution in [1.29, 1.82) is 0 Å². The number of ether oxygens (including phenoxy) is 1. The number of hydrogen-bond donors (Lipinski definition) is 0. The molecule has 1 aromatic carbocycles. The van der Waals surface area contributed by atoms with E-state index in [1.165, 1.54) is 0 Å². The van der Waals surface area contributed by atoms with Gasteiger partial charge in [-0.25, -0.2) is 0 Å². The van der Waals surface area contributed by atoms with E-state index < -0.39 is 0 Å². The number of fused-ring (bicyclic) bond motifs is 1. The molecule has 25 heavy (non-hydrogen) atoms. The maximum atomic E-state index is 13.1. The molecule has 5 heteroatoms. The minimum atomic E-state index is -0.366. The first kappa shape index (κ1) is 17.8. The van der Waals surface area contributed by atoms with Crippen LogP contribution in [0.2, 0.25) is 0 Å². The van der Waals surface area contributed by atoms with E-state index in [1.807, 2.05) is 61.8 Å². The van der Waals surface area contributed by atoms with Crippen molar-refractivity contribution in [2.24, 2.45) is 11.3 Å². The molecule has 0 radical (unpaired) electrons. The van der Waals surface area contributed by atoms with Gasteiger partial charge in [-0.1, -0.05) is 32.9 Å². The molecule has 3 rings (SSSR count). The molecule has 2 aliphatic rings. The lowest BCUT2D eigenvalue weighted by Gasteiger charge is -2.39. The van der Waals surface area contributed by atoms with Gasteiger partial charge in [0, 0.05) is 24.4 Å². The van der Waals surface area contributed by atoms with E-state index in [0.29, 0.717) is 19.6 Å². The van der Waals surface area contributed by atoms with Crippen molar-refractivity contribution in [2.75, 3.05) is 24.5 Å². The lowest BCUT2D eigenvalue weighted by molar-refractivity contribution is -0.142. The van der Waals surface area contributed by atoms with Crippen LogP contribution in [0.3, 0.4) is 0 Å². The van der Waals surface area contributed by atoms with E-state index in [0.717, 1.165) is 24.3 Å². The van der Waals surface area contributed by atoms with Crippen LogP contribution in [-0.2, 0) is 9.59 Å². The van der Waals surface area contributed by atoms with E-state index in [1.54, 1.807) is 0 Å². The lowest BCUT2D eigenvalue weighted by Crippen LogP contribution is -2.49. The van der Waals surface area contributed by atoms with Crippen molar-refractivity contribution in [3.63, 3.8) is 0 Å². The predicted octanol–water partition coefficient (Wildman–Crippen LogP) is 3.09. The number of piperidine rings is 1. The smallest absolute Gasteiger partial charge is 0.230 e. The summed E-state index contributed by atoms with van der Waals surface area (Å²) in [6, 6.07) is 7.71. The van der Waals surface area contributed by atoms with Gasteiger partial charge < -0.3 is 14.5 Å². The highest BCUT2D eigenvalue weighted by atomic mass is 16.5. The molecular weight excluding hydrogens is 316 g/mol. The van der Waals surface area contributed by atoms with Gasteiger partial charge >= 0.3 is 0 Å². The molecule has 136 valence electrons. The van der Waals surface area contributed by atoms with Gasteiger partial charge in [-0.2, -0.15) is 0 Å². The summed E-state index contributed by atoms with van der Waals surface area (Å²) in [7, 11) is 0. The molecule has 1 atom stereocenters. The average molecular weight is 344 g/mol. The fraction of sp³-hybridized carbons (Fsp3) is 0.600. The quantitative estimate of drug-likeness (QED) is 0.787. The number of anilines is 1. The molecule has 0 N–H and O–H groups in total. The number of carbonyl (C=O) groups is 2. The summed E-state index contributed by atoms with van der Waals surface area (Å²) in [5.41, 5.74) is 0.494. The third-order valence-electron chi connectivity index (χ3n) is 4.96. The van der Waals surface area contributed by atoms with Crippen LogP contribution in [0.1, 0.15) is 40.5 Å². The standard InChI is InChI=1S/C20H28N2O3/c1-14-13-22(16-7-5-6-8-17(16)25-14)18(23)15-9-11-21(12-10-15)19(24)20(2,3)4/h5-8,14-15H,9-13H2,1-4H3/t14-/m0/s1. The number of para-hydroxylation sites is 2. The summed E-state index contributed by atoms with van der Waals surface area (Å²) in [6.45, 7) is 9.72. The highest BCUT2D eigenvalue weighted by Crippen LogP contribution is 2.35. The molecule has 1 saturated heterocycles. The van der Waals surface area contributed by atoms with Crippen LogP contribution in [0.4, 0.5) is 5.69 Å². The second kappa shape index (κ2) is 6.70. The van der Waals surface area contributed by atoms with E-state index in [4.69, 9.17) is 4.74 Å². The molecule has 1 aromatic rings. The van der Waals surface area contributed by atoms with Crippen LogP contribution in [0, 0.1) is 11.3 Å². The van der Waals surface area contributed by atoms with Crippen LogP contribution in [-0.4, -0.2) is 42.5 Å². The Balaban J connectivity index is 1.68. The SMILES string of the molecule is C[C@H]1CN(C(=O)C2CCN(C(=O)C(C)(C)C)CC2)c2ccccc2O1. The Hall–Kier alpha value is -2.04. The molecule has 2 heterocycles. The number of benzene rings is 1. The number of rotatable bonds is 1. The van der Waals surface area contributed by atoms with E-state index >= 15 is 0 Å². The van der Waals surface area contributed by atoms with Crippen molar-refractivity contribution in [1.82, 2.24) is 4.90 Å². The van der Waals surface area contributed by atoms with Crippen molar-refractivity contribution in [2.45, 2.75) is 46.6 Å². The highest BCUT2D eigenvalue weighted by Gasteiger charge is 2.36. The van der Waals surface area contributed by atoms with Gasteiger partial charge in [0.05, 0.1) is 12.2 Å². The number of hydrogen-bond acceptors (Lipinski definition) is 3. The number of carbonyl (C=O) groups excluding carboxylic acids is 2. The zero-order valence-electron chi connectivity index (χ0n) is 15.6. The maximum absolute atomic E-state index is 13.1. The Kier molecular flexibility index (Phi) is 4.76. The third-order valence-corrected chi connectivity index (χ3v) is 4.96. The van der Waals surface area contributed by atoms with Gasteiger partial charge in [0.25, 0.3) is 0 Å². The molecule has 0 unspecified atom stereocenters. The minimum Gasteiger partial charge on any atom is -0.487 e. The molecule has 0 aromatic heterocycles. The van der Waals surface area contributed by atoms with Crippen LogP contribution < -0.4 is 9.64 Å². The first-order chi connectivity index (χ1) is 11.8. The summed E-state index contributed by atoms with van der Waals surface area (Å²) in [5.74, 6) is 1.08. The minimum absolute atomic E-state index is 0.0126. The van der Waals surface area contributed by atoms with Gasteiger partial charge in [0.15, 0.2) is 0 Å². The molecule has 0 saturated carbocycles. The second-order valence-corrected chi connectivity index (χ2v) is 8.16. The first-order valence-corrected chi connectivity index (χ1v) is 9.14. The molecule has 2 aliphatic heterocycles. The maximum Gasteiger partial charge on any atom is 0.230 e. The zero-order valence-corrected chi connectivity index (χ0v) is 15.6. The highest BCUT2D eigenvalue weighted by molar-refractivity contribution is 5.97. The van der Waals surface area contributed by atoms with Gasteiger partial charge in [-0.15, -0.1) is 0 Å². The Labute approximate surface area is 149 Å². The van der Waals surface area contributed by atoms with E-state index in [-0.39, 0.29) is 29.3 Å². The third kappa shape index (κ3) is 3.65. The van der Waals surface area contributed by atoms with Gasteiger partial charge in [0.1, 0.15) is 11.9 Å². The van der Waals surface area contributed by atoms with Crippen LogP contribution in [0.5, 0.6) is 5.75 Å². The fourth-order valence-corrected chi connectivity index (χ4v) is 3.62. The molecular formula is C20H28N2O3. The summed E-state index contributed by atoms with van der Waals surface area (Å²) in [6.07, 6.45) is 1.45. The summed E-state index contributed by atoms with van der Waals surface area (Å²) < 4.78 is 5.84. The Morgan fingerprint density at radius 3 is 2.40 bits per heavy atom. The first-order valence-electron chi connectivity index (χ1n) is 9.14. The van der Waals surface area contributed by atoms with Crippen molar-refractivity contribution < 1.29 is 14.3 Å². The van der Waals surface area contributed by atoms with Crippen LogP contribution >= 0.6 is 0 Å². The molecule has 2 amide bonds. The second-order valence-electron chi connectivity index (χ2n) is 8.16. The molecule has 0 aliphatic carbocycles. The van der Waals surface area contributed by atoms with Crippen LogP contribution in [0.25, 0.3) is 0 Å². The van der Waals surface area contributed by atoms with Crippen molar-refractivity contribution in [3.05, 3.63) is 24.3 Å². The van der Waals surface area contributed by atoms with Crippen molar-refractivity contribution in [3.8, 4) is 5.75 Å². The average Bonchev–Trinajstić information content (AvgIpc) is 2.59. The fourth-order valence-electron chi connectivity index (χ4n) is 3.62. The van der Waals surface area contributed by atoms with E-state index in [9.17, 15) is 9.59 Å². The molecule has 0 bridgehead atoms. The molecule has 5 nitrogen and oxygen atoms in total. The van der Waals surface area contributed by atoms with E-state index in [2.05, 4.69) is 0 Å². The zero-order chi connectivity index (χ0) is 18.2. The van der Waals surface area contributed by atoms with Crippen LogP contribution in [0.15, 0.2) is 24.3 Å².